The monoisotopic (exact) mass is 2060 g/mol. The summed E-state index contributed by atoms with van der Waals surface area (Å²) in [5, 5.41) is 25.3. The van der Waals surface area contributed by atoms with Crippen LogP contribution in [0.15, 0.2) is 390 Å². The normalized spacial score (nSPS) is 12.0. The van der Waals surface area contributed by atoms with E-state index in [1.165, 1.54) is 148 Å². The van der Waals surface area contributed by atoms with Crippen LogP contribution in [0.4, 0.5) is 0 Å². The minimum Gasteiger partial charge on any atom is -0.217 e. The second-order valence-electron chi connectivity index (χ2n) is 33.3. The van der Waals surface area contributed by atoms with Crippen molar-refractivity contribution in [2.45, 2.75) is 19.6 Å². The van der Waals surface area contributed by atoms with Crippen LogP contribution in [0.2, 0.25) is 26.4 Å². The molecule has 0 aliphatic carbocycles. The minimum absolute atomic E-state index is 0.276. The van der Waals surface area contributed by atoms with E-state index in [9.17, 15) is 0 Å². The third-order valence-electron chi connectivity index (χ3n) is 25.1. The molecule has 0 atom stereocenters. The van der Waals surface area contributed by atoms with Gasteiger partial charge in [-0.05, 0) is 163 Å². The molecule has 140 heavy (non-hydrogen) atoms. The van der Waals surface area contributed by atoms with Crippen LogP contribution < -0.4 is 0 Å². The lowest BCUT2D eigenvalue weighted by Crippen LogP contribution is -1.95. The standard InChI is InChI=1S/C26H15ClN2S.C24H13ClN2S.C22H11ClN2S3.2C22H11ClN2S2/c27-26-28-23(19-11-6-10-18(15-19)16-7-2-1-3-8-16)22-21-14-13-17-9-4-5-12-20(17)24(21)30-25(22)29-26;25-24-26-21(14-8-2-1-3-9-14)20-19-17-12-6-4-10-15(17)16-11-5-7-13-18(16)22(19)28-23(20)27-24;23-22-24-19(18-12-6-1-2-8-14(12)28-21(18)25-22)13-7-5-11-17-20(13)27-16-10-4-3-9-15(16)26-17;23-22-24-19(18-14-7-2-4-11-17(14)27-21(18)25-22)15-9-5-8-13-12-6-1-3-10-16(12)26-20(13)15;23-22-24-20(19-14-6-2-4-8-17(14)27-21(19)25-22)12-9-10-18-15(11-12)13-5-1-3-7-16(13)26-18/h1-15H;1-13H;1-11H;2*1-11H. The number of hydrogen-bond donors (Lipinski definition) is 0. The van der Waals surface area contributed by atoms with E-state index in [1.54, 1.807) is 79.8 Å². The number of fused-ring (bicyclic) bond motifs is 30. The Labute approximate surface area is 859 Å². The van der Waals surface area contributed by atoms with Crippen LogP contribution in [0.1, 0.15) is 0 Å². The van der Waals surface area contributed by atoms with Gasteiger partial charge in [-0.3, -0.25) is 0 Å². The van der Waals surface area contributed by atoms with Gasteiger partial charge in [-0.25, -0.2) is 49.8 Å². The lowest BCUT2D eigenvalue weighted by Gasteiger charge is -2.21. The predicted molar refractivity (Wildman–Crippen MR) is 605 cm³/mol. The van der Waals surface area contributed by atoms with Gasteiger partial charge < -0.3 is 0 Å². The third-order valence-corrected chi connectivity index (χ3v) is 36.4. The van der Waals surface area contributed by atoms with Crippen LogP contribution in [0.5, 0.6) is 0 Å². The fraction of sp³-hybridized carbons (Fsp3) is 0. The molecule has 1 aliphatic rings. The number of hydrogen-bond acceptors (Lipinski definition) is 19. The summed E-state index contributed by atoms with van der Waals surface area (Å²) in [5.74, 6) is 0. The van der Waals surface area contributed by atoms with E-state index in [1.807, 2.05) is 47.4 Å². The summed E-state index contributed by atoms with van der Waals surface area (Å²) in [6.07, 6.45) is 0. The van der Waals surface area contributed by atoms with E-state index in [0.717, 1.165) is 113 Å². The van der Waals surface area contributed by atoms with Crippen LogP contribution in [0.3, 0.4) is 0 Å². The van der Waals surface area contributed by atoms with Crippen molar-refractivity contribution >= 4 is 335 Å². The highest BCUT2D eigenvalue weighted by atomic mass is 35.5. The van der Waals surface area contributed by atoms with Crippen LogP contribution in [0, 0.1) is 0 Å². The first kappa shape index (κ1) is 86.9. The molecule has 664 valence electrons. The molecule has 1 aliphatic heterocycles. The second kappa shape index (κ2) is 36.4. The molecular weight excluding hydrogens is 2000 g/mol. The average molecular weight is 2060 g/mol. The number of rotatable bonds is 6. The van der Waals surface area contributed by atoms with Crippen molar-refractivity contribution in [2.75, 3.05) is 0 Å². The number of benzene rings is 17. The summed E-state index contributed by atoms with van der Waals surface area (Å²) < 4.78 is 11.2. The van der Waals surface area contributed by atoms with E-state index in [0.29, 0.717) is 15.9 Å². The number of aromatic nitrogens is 10. The zero-order valence-corrected chi connectivity index (χ0v) is 83.9. The molecule has 0 spiro atoms. The highest BCUT2D eigenvalue weighted by Gasteiger charge is 2.28. The third kappa shape index (κ3) is 15.6. The number of halogens is 5. The Balaban J connectivity index is 0.0000000901. The summed E-state index contributed by atoms with van der Waals surface area (Å²) >= 11 is 47.2. The summed E-state index contributed by atoms with van der Waals surface area (Å²) in [7, 11) is 0. The van der Waals surface area contributed by atoms with Gasteiger partial charge >= 0.3 is 0 Å². The van der Waals surface area contributed by atoms with E-state index < -0.39 is 0 Å². The zero-order chi connectivity index (χ0) is 93.3. The first-order valence-corrected chi connectivity index (χ1v) is 53.8. The van der Waals surface area contributed by atoms with Gasteiger partial charge in [0.25, 0.3) is 0 Å². The highest BCUT2D eigenvalue weighted by Crippen LogP contribution is 2.55. The van der Waals surface area contributed by atoms with Gasteiger partial charge in [0, 0.05) is 170 Å². The lowest BCUT2D eigenvalue weighted by atomic mass is 9.96. The summed E-state index contributed by atoms with van der Waals surface area (Å²) in [5.41, 5.74) is 12.2. The lowest BCUT2D eigenvalue weighted by molar-refractivity contribution is 1.14. The van der Waals surface area contributed by atoms with Crippen molar-refractivity contribution in [2.24, 2.45) is 0 Å². The number of thiophene rings is 7. The molecule has 10 nitrogen and oxygen atoms in total. The van der Waals surface area contributed by atoms with Gasteiger partial charge in [-0.2, -0.15) is 0 Å². The van der Waals surface area contributed by atoms with Crippen LogP contribution in [0.25, 0.3) is 242 Å². The van der Waals surface area contributed by atoms with Crippen molar-refractivity contribution in [3.63, 3.8) is 0 Å². The first-order valence-electron chi connectivity index (χ1n) is 44.6. The van der Waals surface area contributed by atoms with E-state index in [-0.39, 0.29) is 10.6 Å². The van der Waals surface area contributed by atoms with Gasteiger partial charge in [0.05, 0.1) is 28.5 Å². The van der Waals surface area contributed by atoms with Crippen molar-refractivity contribution < 1.29 is 0 Å². The molecule has 0 unspecified atom stereocenters. The van der Waals surface area contributed by atoms with Gasteiger partial charge in [-0.15, -0.1) is 79.4 Å². The summed E-state index contributed by atoms with van der Waals surface area (Å²) in [6.45, 7) is 0. The smallest absolute Gasteiger partial charge is 0.217 e. The summed E-state index contributed by atoms with van der Waals surface area (Å²) in [4.78, 5) is 55.6. The molecule has 30 rings (SSSR count). The Kier molecular flexibility index (Phi) is 22.6. The van der Waals surface area contributed by atoms with E-state index in [4.69, 9.17) is 63.0 Å². The van der Waals surface area contributed by atoms with Gasteiger partial charge in [0.2, 0.25) is 26.4 Å². The van der Waals surface area contributed by atoms with Crippen molar-refractivity contribution in [1.82, 2.24) is 49.8 Å². The molecule has 0 N–H and O–H groups in total. The van der Waals surface area contributed by atoms with Crippen LogP contribution in [-0.4, -0.2) is 49.8 Å². The predicted octanol–water partition coefficient (Wildman–Crippen LogP) is 38.3. The van der Waals surface area contributed by atoms with Crippen molar-refractivity contribution in [3.05, 3.63) is 396 Å². The summed E-state index contributed by atoms with van der Waals surface area (Å²) in [6, 6.07) is 129. The molecule has 0 bridgehead atoms. The molecule has 24 heteroatoms. The molecule has 0 saturated carbocycles. The largest absolute Gasteiger partial charge is 0.224 e. The molecule has 0 saturated heterocycles. The minimum atomic E-state index is 0.276. The average Bonchev–Trinajstić information content (AvgIpc) is 1.51. The molecule has 0 radical (unpaired) electrons. The maximum atomic E-state index is 6.36. The zero-order valence-electron chi connectivity index (χ0n) is 72.8. The maximum Gasteiger partial charge on any atom is 0.224 e. The Morgan fingerprint density at radius 1 is 0.171 bits per heavy atom. The first-order chi connectivity index (χ1) is 68.9. The van der Waals surface area contributed by atoms with Crippen LogP contribution in [-0.2, 0) is 0 Å². The Hall–Kier alpha value is -13.4. The van der Waals surface area contributed by atoms with Crippen molar-refractivity contribution in [1.29, 1.82) is 0 Å². The Morgan fingerprint density at radius 3 is 1.15 bits per heavy atom. The van der Waals surface area contributed by atoms with Gasteiger partial charge in [-0.1, -0.05) is 327 Å². The maximum absolute atomic E-state index is 6.36. The number of nitrogens with zero attached hydrogens (tertiary/aromatic N) is 10. The Morgan fingerprint density at radius 2 is 0.543 bits per heavy atom. The van der Waals surface area contributed by atoms with Gasteiger partial charge in [0.15, 0.2) is 0 Å². The molecule has 17 aromatic carbocycles. The Bertz CT molecular complexity index is 10100. The second-order valence-corrected chi connectivity index (χ2v) is 44.3. The van der Waals surface area contributed by atoms with E-state index >= 15 is 0 Å². The fourth-order valence-electron chi connectivity index (χ4n) is 19.1. The molecular formula is C116H61Cl5N10S9. The molecule has 12 aromatic heterocycles. The van der Waals surface area contributed by atoms with Gasteiger partial charge in [0.1, 0.15) is 24.2 Å². The SMILES string of the molecule is Clc1nc(-c2ccc3sc4ccccc4c3c2)c2c(n1)sc1ccccc12.Clc1nc(-c2cccc(-c3ccccc3)c2)c2c(n1)sc1c3ccccc3ccc12.Clc1nc(-c2cccc3c2Sc2ccccc2S3)c2c(n1)sc1ccccc12.Clc1nc(-c2cccc3c2sc2ccccc23)c2c(n1)sc1ccccc12.Clc1nc(-c2ccccc2)c2c(n1)sc1c3ccccc3c3ccccc3c12. The van der Waals surface area contributed by atoms with Crippen molar-refractivity contribution in [3.8, 4) is 67.4 Å². The van der Waals surface area contributed by atoms with E-state index in [2.05, 4.69) is 391 Å². The fourth-order valence-corrected chi connectivity index (χ4v) is 30.5. The van der Waals surface area contributed by atoms with Crippen LogP contribution >= 0.6 is 161 Å². The quantitative estimate of drug-likeness (QED) is 0.116. The molecule has 13 heterocycles. The highest BCUT2D eigenvalue weighted by molar-refractivity contribution is 8.05. The molecule has 0 amide bonds. The molecule has 0 fully saturated rings. The molecule has 29 aromatic rings. The topological polar surface area (TPSA) is 129 Å².